The summed E-state index contributed by atoms with van der Waals surface area (Å²) in [4.78, 5) is 30.5. The second-order valence-corrected chi connectivity index (χ2v) is 8.88. The summed E-state index contributed by atoms with van der Waals surface area (Å²) in [7, 11) is 0. The molecule has 0 aromatic carbocycles. The Morgan fingerprint density at radius 3 is 2.07 bits per heavy atom. The smallest absolute Gasteiger partial charge is 0.227 e. The maximum atomic E-state index is 12.4. The second kappa shape index (κ2) is 7.83. The number of nitrogens with one attached hydrogen (secondary N) is 1. The van der Waals surface area contributed by atoms with Crippen molar-refractivity contribution >= 4 is 40.7 Å². The van der Waals surface area contributed by atoms with E-state index in [0.717, 1.165) is 51.7 Å². The van der Waals surface area contributed by atoms with E-state index in [9.17, 15) is 9.59 Å². The molecular formula is C19H26N4O2S2. The number of Topliss-reactive ketones (excluding diaryl/α,β-unsaturated/α-hetero) is 1. The summed E-state index contributed by atoms with van der Waals surface area (Å²) in [6.07, 6.45) is 7.04. The number of thiol groups is 1. The van der Waals surface area contributed by atoms with E-state index < -0.39 is 0 Å². The molecule has 0 aromatic rings. The standard InChI is InChI=1S/C12H13N3O2.C7H13NS2/c16-9-7-8(13-1-2-13)12(17)11(15-5-6-15)10(9)14-3-4-14;9-7(10)8-5-6-3-1-2-4-6/h7H,1-6H2;6H,1-5H2,(H2,8,9,10). The van der Waals surface area contributed by atoms with E-state index in [-0.39, 0.29) is 11.6 Å². The van der Waals surface area contributed by atoms with Gasteiger partial charge in [-0.2, -0.15) is 0 Å². The number of rotatable bonds is 5. The van der Waals surface area contributed by atoms with Crippen LogP contribution in [0.4, 0.5) is 0 Å². The SMILES string of the molecule is O=C1C=C(N2CC2)C(=O)C(N2CC2)=C1N1CC1.S=C(S)NCC1CCCC1. The molecule has 5 aliphatic rings. The van der Waals surface area contributed by atoms with Crippen LogP contribution in [0.5, 0.6) is 0 Å². The third-order valence-electron chi connectivity index (χ3n) is 5.50. The number of carbonyl (C=O) groups excluding carboxylic acids is 2. The molecule has 3 heterocycles. The van der Waals surface area contributed by atoms with Crippen molar-refractivity contribution in [1.29, 1.82) is 0 Å². The predicted octanol–water partition coefficient (Wildman–Crippen LogP) is 1.16. The van der Waals surface area contributed by atoms with Crippen molar-refractivity contribution in [3.8, 4) is 0 Å². The first-order valence-electron chi connectivity index (χ1n) is 9.81. The molecule has 0 bridgehead atoms. The molecule has 0 radical (unpaired) electrons. The second-order valence-electron chi connectivity index (χ2n) is 7.72. The molecule has 2 aliphatic carbocycles. The zero-order valence-corrected chi connectivity index (χ0v) is 17.2. The van der Waals surface area contributed by atoms with Crippen molar-refractivity contribution in [3.63, 3.8) is 0 Å². The third kappa shape index (κ3) is 4.66. The molecule has 3 aliphatic heterocycles. The molecule has 3 saturated heterocycles. The highest BCUT2D eigenvalue weighted by Gasteiger charge is 2.43. The van der Waals surface area contributed by atoms with Gasteiger partial charge in [-0.1, -0.05) is 25.1 Å². The van der Waals surface area contributed by atoms with Gasteiger partial charge in [0, 0.05) is 51.9 Å². The fourth-order valence-corrected chi connectivity index (χ4v) is 3.90. The van der Waals surface area contributed by atoms with E-state index in [1.165, 1.54) is 31.8 Å². The molecule has 0 unspecified atom stereocenters. The van der Waals surface area contributed by atoms with Crippen molar-refractivity contribution in [2.45, 2.75) is 25.7 Å². The molecule has 8 heteroatoms. The van der Waals surface area contributed by atoms with Gasteiger partial charge in [0.2, 0.25) is 11.6 Å². The van der Waals surface area contributed by atoms with Crippen LogP contribution in [0.1, 0.15) is 25.7 Å². The Hall–Kier alpha value is -1.54. The number of nitrogens with zero attached hydrogens (tertiary/aromatic N) is 3. The summed E-state index contributed by atoms with van der Waals surface area (Å²) < 4.78 is 0.631. The number of carbonyl (C=O) groups is 2. The fourth-order valence-electron chi connectivity index (χ4n) is 3.72. The van der Waals surface area contributed by atoms with Crippen LogP contribution < -0.4 is 5.32 Å². The maximum Gasteiger partial charge on any atom is 0.227 e. The van der Waals surface area contributed by atoms with Crippen LogP contribution in [-0.2, 0) is 9.59 Å². The number of thiocarbonyl (C=S) groups is 1. The molecule has 146 valence electrons. The number of ketones is 2. The van der Waals surface area contributed by atoms with Crippen LogP contribution in [-0.4, -0.2) is 76.4 Å². The Kier molecular flexibility index (Phi) is 5.45. The van der Waals surface area contributed by atoms with Gasteiger partial charge in [0.15, 0.2) is 0 Å². The summed E-state index contributed by atoms with van der Waals surface area (Å²) in [6.45, 7) is 6.44. The average Bonchev–Trinajstić information content (AvgIpc) is 3.49. The molecule has 0 spiro atoms. The first-order chi connectivity index (χ1) is 13.0. The normalized spacial score (nSPS) is 23.9. The lowest BCUT2D eigenvalue weighted by Crippen LogP contribution is -2.29. The molecule has 27 heavy (non-hydrogen) atoms. The highest BCUT2D eigenvalue weighted by atomic mass is 32.1. The highest BCUT2D eigenvalue weighted by molar-refractivity contribution is 8.11. The van der Waals surface area contributed by atoms with Gasteiger partial charge < -0.3 is 20.0 Å². The van der Waals surface area contributed by atoms with Gasteiger partial charge in [-0.3, -0.25) is 9.59 Å². The first kappa shape index (κ1) is 18.8. The summed E-state index contributed by atoms with van der Waals surface area (Å²) >= 11 is 8.77. The van der Waals surface area contributed by atoms with Gasteiger partial charge in [-0.25, -0.2) is 0 Å². The minimum atomic E-state index is 0.00546. The molecule has 4 fully saturated rings. The molecule has 0 amide bonds. The Bertz CT molecular complexity index is 715. The number of allylic oxidation sites excluding steroid dienone is 1. The van der Waals surface area contributed by atoms with Crippen LogP contribution >= 0.6 is 24.8 Å². The average molecular weight is 407 g/mol. The molecule has 5 rings (SSSR count). The summed E-state index contributed by atoms with van der Waals surface area (Å²) in [6, 6.07) is 0. The molecule has 6 nitrogen and oxygen atoms in total. The van der Waals surface area contributed by atoms with E-state index >= 15 is 0 Å². The van der Waals surface area contributed by atoms with Gasteiger partial charge in [-0.05, 0) is 18.8 Å². The van der Waals surface area contributed by atoms with E-state index in [0.29, 0.717) is 21.4 Å². The van der Waals surface area contributed by atoms with Crippen LogP contribution in [0.25, 0.3) is 0 Å². The van der Waals surface area contributed by atoms with Crippen molar-refractivity contribution in [2.75, 3.05) is 45.8 Å². The summed E-state index contributed by atoms with van der Waals surface area (Å²) in [5, 5.41) is 3.08. The van der Waals surface area contributed by atoms with E-state index in [2.05, 4.69) is 17.9 Å². The van der Waals surface area contributed by atoms with Crippen molar-refractivity contribution < 1.29 is 9.59 Å². The lowest BCUT2D eigenvalue weighted by atomic mass is 10.0. The van der Waals surface area contributed by atoms with Gasteiger partial charge in [0.1, 0.15) is 15.7 Å². The van der Waals surface area contributed by atoms with Crippen molar-refractivity contribution in [2.24, 2.45) is 5.92 Å². The Balaban J connectivity index is 0.000000155. The van der Waals surface area contributed by atoms with E-state index in [1.54, 1.807) is 0 Å². The minimum Gasteiger partial charge on any atom is -0.371 e. The summed E-state index contributed by atoms with van der Waals surface area (Å²) in [5.74, 6) is 0.900. The third-order valence-corrected chi connectivity index (χ3v) is 5.81. The van der Waals surface area contributed by atoms with Gasteiger partial charge in [0.05, 0.1) is 5.70 Å². The Morgan fingerprint density at radius 2 is 1.56 bits per heavy atom. The lowest BCUT2D eigenvalue weighted by Gasteiger charge is -2.21. The monoisotopic (exact) mass is 406 g/mol. The van der Waals surface area contributed by atoms with Crippen LogP contribution in [0.2, 0.25) is 0 Å². The van der Waals surface area contributed by atoms with Crippen molar-refractivity contribution in [1.82, 2.24) is 20.0 Å². The topological polar surface area (TPSA) is 55.2 Å². The van der Waals surface area contributed by atoms with E-state index in [4.69, 9.17) is 12.2 Å². The largest absolute Gasteiger partial charge is 0.371 e. The zero-order valence-electron chi connectivity index (χ0n) is 15.4. The van der Waals surface area contributed by atoms with Crippen molar-refractivity contribution in [3.05, 3.63) is 23.2 Å². The fraction of sp³-hybridized carbons (Fsp3) is 0.632. The first-order valence-corrected chi connectivity index (χ1v) is 10.7. The highest BCUT2D eigenvalue weighted by Crippen LogP contribution is 2.33. The van der Waals surface area contributed by atoms with Gasteiger partial charge in [0.25, 0.3) is 0 Å². The zero-order chi connectivity index (χ0) is 19.0. The van der Waals surface area contributed by atoms with Gasteiger partial charge >= 0.3 is 0 Å². The molecule has 1 N–H and O–H groups in total. The number of hydrogen-bond donors (Lipinski definition) is 2. The molecule has 0 aromatic heterocycles. The predicted molar refractivity (Wildman–Crippen MR) is 111 cm³/mol. The van der Waals surface area contributed by atoms with Crippen LogP contribution in [0, 0.1) is 5.92 Å². The van der Waals surface area contributed by atoms with Crippen LogP contribution in [0.3, 0.4) is 0 Å². The summed E-state index contributed by atoms with van der Waals surface area (Å²) in [5.41, 5.74) is 1.89. The minimum absolute atomic E-state index is 0.00546. The molecular weight excluding hydrogens is 380 g/mol. The maximum absolute atomic E-state index is 12.4. The Labute approximate surface area is 171 Å². The molecule has 1 saturated carbocycles. The molecule has 0 atom stereocenters. The quantitative estimate of drug-likeness (QED) is 0.308. The van der Waals surface area contributed by atoms with E-state index in [1.807, 2.05) is 14.7 Å². The lowest BCUT2D eigenvalue weighted by molar-refractivity contribution is -0.117. The van der Waals surface area contributed by atoms with Gasteiger partial charge in [-0.15, -0.1) is 12.6 Å². The Morgan fingerprint density at radius 1 is 1.00 bits per heavy atom. The van der Waals surface area contributed by atoms with Crippen LogP contribution in [0.15, 0.2) is 23.2 Å². The number of hydrogen-bond acceptors (Lipinski definition) is 6.